The van der Waals surface area contributed by atoms with Crippen molar-refractivity contribution in [2.45, 2.75) is 19.5 Å². The zero-order valence-corrected chi connectivity index (χ0v) is 17.3. The Morgan fingerprint density at radius 3 is 2.77 bits per heavy atom. The van der Waals surface area contributed by atoms with Crippen molar-refractivity contribution in [2.24, 2.45) is 16.6 Å². The minimum Gasteiger partial charge on any atom is -0.465 e. The van der Waals surface area contributed by atoms with Gasteiger partial charge in [0.2, 0.25) is 0 Å². The minimum absolute atomic E-state index is 0.216. The molecule has 0 fully saturated rings. The van der Waals surface area contributed by atoms with Crippen molar-refractivity contribution in [3.63, 3.8) is 0 Å². The predicted octanol–water partition coefficient (Wildman–Crippen LogP) is 4.96. The first-order chi connectivity index (χ1) is 14.7. The summed E-state index contributed by atoms with van der Waals surface area (Å²) in [5, 5.41) is 3.41. The number of alkyl halides is 1. The van der Waals surface area contributed by atoms with Crippen LogP contribution in [0, 0.1) is 5.92 Å². The number of halogens is 1. The molecule has 2 atom stereocenters. The van der Waals surface area contributed by atoms with Crippen molar-refractivity contribution < 1.29 is 9.13 Å². The molecule has 5 heteroatoms. The standard InChI is InChI=1S/C25H30FN3O/c1-21-9-10-22(18-29-19-23-11-13-24(26)14-12-23)7-6-16-30-25(17-21)8-4-2-3-5-15-28-20-27/h2-13,15-17,20-21,24,29H,14,18-19H2,1H3,(H2,27,28)/b3-2+,8-4+,10-9+,15-5-,16-6+,22-7+,25-17-. The molecule has 1 aliphatic carbocycles. The highest BCUT2D eigenvalue weighted by Crippen LogP contribution is 2.14. The zero-order valence-electron chi connectivity index (χ0n) is 17.3. The van der Waals surface area contributed by atoms with Crippen LogP contribution in [0.3, 0.4) is 0 Å². The molecule has 0 saturated heterocycles. The van der Waals surface area contributed by atoms with Gasteiger partial charge in [0, 0.05) is 25.7 Å². The van der Waals surface area contributed by atoms with E-state index in [9.17, 15) is 4.39 Å². The summed E-state index contributed by atoms with van der Waals surface area (Å²) in [6.45, 7) is 3.56. The van der Waals surface area contributed by atoms with Gasteiger partial charge in [0.1, 0.15) is 11.9 Å². The molecule has 2 aliphatic rings. The minimum atomic E-state index is -0.846. The van der Waals surface area contributed by atoms with Crippen molar-refractivity contribution in [1.82, 2.24) is 5.32 Å². The van der Waals surface area contributed by atoms with E-state index in [-0.39, 0.29) is 5.92 Å². The summed E-state index contributed by atoms with van der Waals surface area (Å²) in [6.07, 6.45) is 29.1. The van der Waals surface area contributed by atoms with E-state index >= 15 is 0 Å². The summed E-state index contributed by atoms with van der Waals surface area (Å²) in [6, 6.07) is 0. The molecular formula is C25H30FN3O. The van der Waals surface area contributed by atoms with Crippen LogP contribution in [0.2, 0.25) is 0 Å². The van der Waals surface area contributed by atoms with E-state index in [4.69, 9.17) is 10.5 Å². The zero-order chi connectivity index (χ0) is 21.4. The molecule has 0 radical (unpaired) electrons. The average Bonchev–Trinajstić information content (AvgIpc) is 2.74. The predicted molar refractivity (Wildman–Crippen MR) is 124 cm³/mol. The SMILES string of the molecule is CC1/C=C(/C=C/C=C/C=C\N=CN)O/C=C/C=C(CNCC2=CCC(F)C=C2)\C=C\1. The maximum atomic E-state index is 13.1. The molecule has 0 aromatic carbocycles. The number of hydrogen-bond donors (Lipinski definition) is 2. The van der Waals surface area contributed by atoms with Crippen LogP contribution in [0.4, 0.5) is 4.39 Å². The Morgan fingerprint density at radius 1 is 1.17 bits per heavy atom. The van der Waals surface area contributed by atoms with Crippen molar-refractivity contribution in [2.75, 3.05) is 13.1 Å². The summed E-state index contributed by atoms with van der Waals surface area (Å²) < 4.78 is 18.9. The van der Waals surface area contributed by atoms with Crippen LogP contribution < -0.4 is 11.1 Å². The Morgan fingerprint density at radius 2 is 1.97 bits per heavy atom. The third kappa shape index (κ3) is 9.85. The largest absolute Gasteiger partial charge is 0.465 e. The van der Waals surface area contributed by atoms with E-state index in [1.54, 1.807) is 24.6 Å². The Kier molecular flexibility index (Phi) is 10.7. The molecule has 0 spiro atoms. The highest BCUT2D eigenvalue weighted by Gasteiger charge is 2.06. The van der Waals surface area contributed by atoms with Crippen molar-refractivity contribution >= 4 is 6.34 Å². The van der Waals surface area contributed by atoms with Gasteiger partial charge in [-0.1, -0.05) is 61.6 Å². The van der Waals surface area contributed by atoms with Crippen molar-refractivity contribution in [3.05, 3.63) is 108 Å². The molecule has 0 aromatic heterocycles. The van der Waals surface area contributed by atoms with Crippen LogP contribution in [0.25, 0.3) is 0 Å². The van der Waals surface area contributed by atoms with Crippen LogP contribution in [0.15, 0.2) is 113 Å². The molecule has 1 aliphatic heterocycles. The third-order valence-electron chi connectivity index (χ3n) is 4.27. The average molecular weight is 408 g/mol. The summed E-state index contributed by atoms with van der Waals surface area (Å²) in [7, 11) is 0. The normalized spacial score (nSPS) is 28.3. The molecular weight excluding hydrogens is 377 g/mol. The van der Waals surface area contributed by atoms with E-state index in [1.807, 2.05) is 48.6 Å². The molecule has 4 nitrogen and oxygen atoms in total. The fourth-order valence-corrected chi connectivity index (χ4v) is 2.73. The van der Waals surface area contributed by atoms with Crippen molar-refractivity contribution in [3.8, 4) is 0 Å². The lowest BCUT2D eigenvalue weighted by Crippen LogP contribution is -2.20. The van der Waals surface area contributed by atoms with Crippen LogP contribution in [0.1, 0.15) is 13.3 Å². The van der Waals surface area contributed by atoms with Gasteiger partial charge in [-0.05, 0) is 41.4 Å². The molecule has 2 rings (SSSR count). The maximum Gasteiger partial charge on any atom is 0.123 e. The van der Waals surface area contributed by atoms with E-state index in [2.05, 4.69) is 35.5 Å². The lowest BCUT2D eigenvalue weighted by molar-refractivity contribution is 0.364. The molecule has 0 aromatic rings. The lowest BCUT2D eigenvalue weighted by Gasteiger charge is -2.12. The molecule has 0 amide bonds. The van der Waals surface area contributed by atoms with Gasteiger partial charge in [0.25, 0.3) is 0 Å². The van der Waals surface area contributed by atoms with Gasteiger partial charge in [-0.2, -0.15) is 0 Å². The number of nitrogens with zero attached hydrogens (tertiary/aromatic N) is 1. The first-order valence-electron chi connectivity index (χ1n) is 10.0. The Labute approximate surface area is 178 Å². The van der Waals surface area contributed by atoms with Gasteiger partial charge in [-0.15, -0.1) is 0 Å². The molecule has 2 unspecified atom stereocenters. The maximum absolute atomic E-state index is 13.1. The highest BCUT2D eigenvalue weighted by molar-refractivity contribution is 5.52. The number of hydrogen-bond acceptors (Lipinski definition) is 3. The number of nitrogens with one attached hydrogen (secondary N) is 1. The molecule has 0 bridgehead atoms. The van der Waals surface area contributed by atoms with Crippen LogP contribution >= 0.6 is 0 Å². The van der Waals surface area contributed by atoms with Crippen LogP contribution in [-0.2, 0) is 4.74 Å². The van der Waals surface area contributed by atoms with Crippen LogP contribution in [0.5, 0.6) is 0 Å². The second kappa shape index (κ2) is 13.9. The van der Waals surface area contributed by atoms with Gasteiger partial charge in [-0.3, -0.25) is 0 Å². The summed E-state index contributed by atoms with van der Waals surface area (Å²) in [5.41, 5.74) is 7.43. The first kappa shape index (κ1) is 23.1. The molecule has 158 valence electrons. The van der Waals surface area contributed by atoms with Gasteiger partial charge in [0.15, 0.2) is 0 Å². The van der Waals surface area contributed by atoms with Gasteiger partial charge in [0.05, 0.1) is 12.6 Å². The number of rotatable bonds is 8. The summed E-state index contributed by atoms with van der Waals surface area (Å²) in [5.74, 6) is 0.988. The smallest absolute Gasteiger partial charge is 0.123 e. The Bertz CT molecular complexity index is 838. The Balaban J connectivity index is 1.87. The van der Waals surface area contributed by atoms with E-state index in [0.29, 0.717) is 6.42 Å². The number of aliphatic imine (C=N–C) groups is 1. The second-order valence-corrected chi connectivity index (χ2v) is 6.85. The van der Waals surface area contributed by atoms with Crippen molar-refractivity contribution in [1.29, 1.82) is 0 Å². The second-order valence-electron chi connectivity index (χ2n) is 6.85. The molecule has 1 heterocycles. The van der Waals surface area contributed by atoms with Gasteiger partial charge < -0.3 is 15.8 Å². The molecule has 3 N–H and O–H groups in total. The molecule has 30 heavy (non-hydrogen) atoms. The molecule has 0 saturated carbocycles. The summed E-state index contributed by atoms with van der Waals surface area (Å²) >= 11 is 0. The Hall–Kier alpha value is -3.18. The first-order valence-corrected chi connectivity index (χ1v) is 10.0. The number of nitrogens with two attached hydrogens (primary N) is 1. The number of allylic oxidation sites excluding steroid dienone is 11. The van der Waals surface area contributed by atoms with Gasteiger partial charge >= 0.3 is 0 Å². The van der Waals surface area contributed by atoms with Crippen LogP contribution in [-0.4, -0.2) is 25.6 Å². The topological polar surface area (TPSA) is 59.6 Å². The monoisotopic (exact) mass is 407 g/mol. The fraction of sp³-hybridized carbons (Fsp3) is 0.240. The van der Waals surface area contributed by atoms with E-state index < -0.39 is 6.17 Å². The van der Waals surface area contributed by atoms with Gasteiger partial charge in [-0.25, -0.2) is 9.38 Å². The lowest BCUT2D eigenvalue weighted by atomic mass is 10.1. The summed E-state index contributed by atoms with van der Waals surface area (Å²) in [4.78, 5) is 3.78. The number of ether oxygens (including phenoxy) is 1. The fourth-order valence-electron chi connectivity index (χ4n) is 2.73. The quantitative estimate of drug-likeness (QED) is 0.340. The third-order valence-corrected chi connectivity index (χ3v) is 4.27. The van der Waals surface area contributed by atoms with E-state index in [1.165, 1.54) is 6.34 Å². The van der Waals surface area contributed by atoms with E-state index in [0.717, 1.165) is 30.0 Å². The highest BCUT2D eigenvalue weighted by atomic mass is 19.1.